The second-order valence-electron chi connectivity index (χ2n) is 2.92. The maximum atomic E-state index is 9.41. The summed E-state index contributed by atoms with van der Waals surface area (Å²) in [6, 6.07) is 2.08. The van der Waals surface area contributed by atoms with Gasteiger partial charge in [0.2, 0.25) is 0 Å². The fourth-order valence-electron chi connectivity index (χ4n) is 1.43. The van der Waals surface area contributed by atoms with Crippen LogP contribution in [0.1, 0.15) is 25.7 Å². The smallest absolute Gasteiger partial charge is 0.107 e. The molecule has 0 aromatic rings. The number of likely N-dealkylation sites (tertiary alicyclic amines) is 1. The van der Waals surface area contributed by atoms with Gasteiger partial charge in [-0.15, -0.1) is 0 Å². The van der Waals surface area contributed by atoms with E-state index in [2.05, 4.69) is 6.07 Å². The second kappa shape index (κ2) is 4.32. The zero-order valence-corrected chi connectivity index (χ0v) is 6.66. The fraction of sp³-hybridized carbons (Fsp3) is 0.875. The highest BCUT2D eigenvalue weighted by atomic mass is 16.3. The topological polar surface area (TPSA) is 47.3 Å². The van der Waals surface area contributed by atoms with E-state index in [9.17, 15) is 5.11 Å². The predicted octanol–water partition coefficient (Wildman–Crippen LogP) is 0.704. The van der Waals surface area contributed by atoms with Gasteiger partial charge in [0.1, 0.15) is 6.23 Å². The van der Waals surface area contributed by atoms with E-state index in [0.717, 1.165) is 32.4 Å². The molecule has 0 amide bonds. The van der Waals surface area contributed by atoms with Crippen LogP contribution in [0.15, 0.2) is 0 Å². The summed E-state index contributed by atoms with van der Waals surface area (Å²) in [4.78, 5) is 1.98. The Labute approximate surface area is 67.2 Å². The number of nitrogens with zero attached hydrogens (tertiary/aromatic N) is 2. The van der Waals surface area contributed by atoms with Crippen molar-refractivity contribution in [1.82, 2.24) is 4.90 Å². The molecule has 0 aromatic heterocycles. The van der Waals surface area contributed by atoms with Crippen LogP contribution in [0.4, 0.5) is 0 Å². The van der Waals surface area contributed by atoms with Crippen LogP contribution in [-0.4, -0.2) is 29.3 Å². The van der Waals surface area contributed by atoms with Gasteiger partial charge in [-0.3, -0.25) is 4.90 Å². The molecule has 1 aliphatic rings. The first-order valence-electron chi connectivity index (χ1n) is 4.13. The van der Waals surface area contributed by atoms with Crippen molar-refractivity contribution in [1.29, 1.82) is 5.26 Å². The largest absolute Gasteiger partial charge is 0.378 e. The summed E-state index contributed by atoms with van der Waals surface area (Å²) >= 11 is 0. The summed E-state index contributed by atoms with van der Waals surface area (Å²) in [6.07, 6.45) is 3.37. The third-order valence-corrected chi connectivity index (χ3v) is 2.09. The zero-order chi connectivity index (χ0) is 8.10. The lowest BCUT2D eigenvalue weighted by atomic mass is 10.1. The Hall–Kier alpha value is -0.590. The molecule has 1 atom stereocenters. The van der Waals surface area contributed by atoms with Crippen molar-refractivity contribution in [2.24, 2.45) is 0 Å². The molecule has 1 N–H and O–H groups in total. The minimum absolute atomic E-state index is 0.294. The lowest BCUT2D eigenvalue weighted by Crippen LogP contribution is -2.39. The number of rotatable bonds is 2. The molecule has 3 nitrogen and oxygen atoms in total. The Bertz CT molecular complexity index is 153. The van der Waals surface area contributed by atoms with E-state index in [1.54, 1.807) is 0 Å². The van der Waals surface area contributed by atoms with Crippen LogP contribution in [0.3, 0.4) is 0 Å². The minimum atomic E-state index is -0.294. The van der Waals surface area contributed by atoms with E-state index >= 15 is 0 Å². The summed E-state index contributed by atoms with van der Waals surface area (Å²) < 4.78 is 0. The van der Waals surface area contributed by atoms with E-state index in [0.29, 0.717) is 6.42 Å². The van der Waals surface area contributed by atoms with Crippen molar-refractivity contribution in [2.75, 3.05) is 13.1 Å². The standard InChI is InChI=1S/C8H14N2O/c9-5-3-7-10-6-2-1-4-8(10)11/h8,11H,1-4,6-7H2. The average Bonchev–Trinajstić information content (AvgIpc) is 2.03. The lowest BCUT2D eigenvalue weighted by molar-refractivity contribution is -0.0221. The van der Waals surface area contributed by atoms with Crippen LogP contribution in [0, 0.1) is 11.3 Å². The quantitative estimate of drug-likeness (QED) is 0.637. The third kappa shape index (κ3) is 2.49. The maximum absolute atomic E-state index is 9.41. The van der Waals surface area contributed by atoms with E-state index in [1.165, 1.54) is 0 Å². The van der Waals surface area contributed by atoms with Gasteiger partial charge in [0.05, 0.1) is 6.07 Å². The first-order chi connectivity index (χ1) is 5.34. The first kappa shape index (κ1) is 8.51. The van der Waals surface area contributed by atoms with Crippen molar-refractivity contribution >= 4 is 0 Å². The molecule has 62 valence electrons. The highest BCUT2D eigenvalue weighted by Gasteiger charge is 2.18. The molecule has 0 bridgehead atoms. The molecular weight excluding hydrogens is 140 g/mol. The van der Waals surface area contributed by atoms with Gasteiger partial charge in [0.25, 0.3) is 0 Å². The number of piperidine rings is 1. The Kier molecular flexibility index (Phi) is 3.34. The van der Waals surface area contributed by atoms with Crippen molar-refractivity contribution in [3.05, 3.63) is 0 Å². The summed E-state index contributed by atoms with van der Waals surface area (Å²) in [6.45, 7) is 1.67. The molecular formula is C8H14N2O. The highest BCUT2D eigenvalue weighted by Crippen LogP contribution is 2.14. The molecule has 1 fully saturated rings. The number of hydrogen-bond acceptors (Lipinski definition) is 3. The predicted molar refractivity (Wildman–Crippen MR) is 41.7 cm³/mol. The van der Waals surface area contributed by atoms with Gasteiger partial charge in [-0.2, -0.15) is 5.26 Å². The molecule has 0 spiro atoms. The summed E-state index contributed by atoms with van der Waals surface area (Å²) in [7, 11) is 0. The Morgan fingerprint density at radius 1 is 1.55 bits per heavy atom. The van der Waals surface area contributed by atoms with Gasteiger partial charge in [-0.1, -0.05) is 0 Å². The van der Waals surface area contributed by atoms with E-state index in [-0.39, 0.29) is 6.23 Å². The molecule has 3 heteroatoms. The van der Waals surface area contributed by atoms with Gasteiger partial charge in [-0.25, -0.2) is 0 Å². The fourth-order valence-corrected chi connectivity index (χ4v) is 1.43. The summed E-state index contributed by atoms with van der Waals surface area (Å²) in [5.74, 6) is 0. The normalized spacial score (nSPS) is 26.4. The van der Waals surface area contributed by atoms with Crippen molar-refractivity contribution in [3.8, 4) is 6.07 Å². The molecule has 0 saturated carbocycles. The van der Waals surface area contributed by atoms with Crippen LogP contribution >= 0.6 is 0 Å². The molecule has 1 rings (SSSR count). The number of hydrogen-bond donors (Lipinski definition) is 1. The Balaban J connectivity index is 2.25. The van der Waals surface area contributed by atoms with Gasteiger partial charge in [0.15, 0.2) is 0 Å². The van der Waals surface area contributed by atoms with E-state index in [4.69, 9.17) is 5.26 Å². The lowest BCUT2D eigenvalue weighted by Gasteiger charge is -2.31. The monoisotopic (exact) mass is 154 g/mol. The van der Waals surface area contributed by atoms with Crippen molar-refractivity contribution in [3.63, 3.8) is 0 Å². The highest BCUT2D eigenvalue weighted by molar-refractivity contribution is 4.75. The van der Waals surface area contributed by atoms with E-state index in [1.807, 2.05) is 4.90 Å². The number of nitriles is 1. The van der Waals surface area contributed by atoms with Gasteiger partial charge in [0, 0.05) is 19.5 Å². The maximum Gasteiger partial charge on any atom is 0.107 e. The molecule has 1 unspecified atom stereocenters. The Morgan fingerprint density at radius 3 is 3.00 bits per heavy atom. The van der Waals surface area contributed by atoms with Crippen LogP contribution in [0.5, 0.6) is 0 Å². The van der Waals surface area contributed by atoms with Gasteiger partial charge >= 0.3 is 0 Å². The first-order valence-corrected chi connectivity index (χ1v) is 4.13. The van der Waals surface area contributed by atoms with Crippen LogP contribution < -0.4 is 0 Å². The number of aliphatic hydroxyl groups excluding tert-OH is 1. The average molecular weight is 154 g/mol. The Morgan fingerprint density at radius 2 is 2.36 bits per heavy atom. The molecule has 0 aliphatic carbocycles. The van der Waals surface area contributed by atoms with Gasteiger partial charge in [-0.05, 0) is 19.3 Å². The summed E-state index contributed by atoms with van der Waals surface area (Å²) in [5.41, 5.74) is 0. The van der Waals surface area contributed by atoms with Crippen molar-refractivity contribution in [2.45, 2.75) is 31.9 Å². The zero-order valence-electron chi connectivity index (χ0n) is 6.66. The SMILES string of the molecule is N#CCCN1CCCCC1O. The second-order valence-corrected chi connectivity index (χ2v) is 2.92. The van der Waals surface area contributed by atoms with Gasteiger partial charge < -0.3 is 5.11 Å². The molecule has 1 aliphatic heterocycles. The molecule has 1 saturated heterocycles. The van der Waals surface area contributed by atoms with E-state index < -0.39 is 0 Å². The molecule has 0 radical (unpaired) electrons. The molecule has 11 heavy (non-hydrogen) atoms. The number of aliphatic hydroxyl groups is 1. The van der Waals surface area contributed by atoms with Crippen LogP contribution in [0.2, 0.25) is 0 Å². The minimum Gasteiger partial charge on any atom is -0.378 e. The summed E-state index contributed by atoms with van der Waals surface area (Å²) in [5, 5.41) is 17.7. The van der Waals surface area contributed by atoms with Crippen LogP contribution in [0.25, 0.3) is 0 Å². The molecule has 1 heterocycles. The third-order valence-electron chi connectivity index (χ3n) is 2.09. The van der Waals surface area contributed by atoms with Crippen LogP contribution in [-0.2, 0) is 0 Å². The molecule has 0 aromatic carbocycles. The van der Waals surface area contributed by atoms with Crippen molar-refractivity contribution < 1.29 is 5.11 Å².